The minimum atomic E-state index is -0.762. The molecule has 0 spiro atoms. The van der Waals surface area contributed by atoms with Crippen LogP contribution in [0.5, 0.6) is 5.75 Å². The molecule has 4 rings (SSSR count). The summed E-state index contributed by atoms with van der Waals surface area (Å²) in [6.45, 7) is 4.08. The largest absolute Gasteiger partial charge is 0.489 e. The average molecular weight is 529 g/mol. The molecule has 1 atom stereocenters. The van der Waals surface area contributed by atoms with Gasteiger partial charge in [-0.3, -0.25) is 4.79 Å². The maximum atomic E-state index is 13.2. The number of rotatable bonds is 9. The Morgan fingerprint density at radius 1 is 1.24 bits per heavy atom. The standard InChI is InChI=1S/C23H25BrN6O4/c1-13(2)33-11-16(31)12-34-20-6-4-5-14-9-19(30(3)21(14)20)23(32)25-18-8-7-15(24)10-17(18)22-26-28-29-27-22/h4-10,13,16,31H,11-12H2,1-3H3,(H,25,32)(H,26,27,28,29). The molecule has 0 bridgehead atoms. The predicted octanol–water partition coefficient (Wildman–Crippen LogP) is 3.54. The number of para-hydroxylation sites is 1. The van der Waals surface area contributed by atoms with E-state index in [0.717, 1.165) is 15.4 Å². The highest BCUT2D eigenvalue weighted by Crippen LogP contribution is 2.31. The summed E-state index contributed by atoms with van der Waals surface area (Å²) in [6, 6.07) is 12.8. The molecule has 2 aromatic heterocycles. The lowest BCUT2D eigenvalue weighted by molar-refractivity contribution is -0.0121. The summed E-state index contributed by atoms with van der Waals surface area (Å²) in [5.74, 6) is 0.704. The first kappa shape index (κ1) is 23.9. The van der Waals surface area contributed by atoms with Gasteiger partial charge in [-0.25, -0.2) is 5.10 Å². The third-order valence-electron chi connectivity index (χ3n) is 5.14. The zero-order valence-electron chi connectivity index (χ0n) is 18.9. The molecule has 0 aliphatic rings. The SMILES string of the molecule is CC(C)OCC(O)COc1cccc2cc(C(=O)Nc3ccc(Br)cc3-c3nnn[nH]3)n(C)c12. The van der Waals surface area contributed by atoms with Crippen molar-refractivity contribution in [3.8, 4) is 17.1 Å². The molecule has 178 valence electrons. The number of amides is 1. The van der Waals surface area contributed by atoms with Gasteiger partial charge in [0.25, 0.3) is 5.91 Å². The number of hydrogen-bond donors (Lipinski definition) is 3. The Hall–Kier alpha value is -3.28. The zero-order chi connectivity index (χ0) is 24.2. The normalized spacial score (nSPS) is 12.3. The number of aryl methyl sites for hydroxylation is 1. The van der Waals surface area contributed by atoms with Crippen LogP contribution in [0.4, 0.5) is 5.69 Å². The number of aliphatic hydroxyl groups excluding tert-OH is 1. The van der Waals surface area contributed by atoms with Gasteiger partial charge in [0.1, 0.15) is 24.2 Å². The van der Waals surface area contributed by atoms with Gasteiger partial charge in [-0.05, 0) is 54.6 Å². The Labute approximate surface area is 204 Å². The van der Waals surface area contributed by atoms with Crippen molar-refractivity contribution in [1.82, 2.24) is 25.2 Å². The maximum absolute atomic E-state index is 13.2. The summed E-state index contributed by atoms with van der Waals surface area (Å²) < 4.78 is 13.9. The predicted molar refractivity (Wildman–Crippen MR) is 131 cm³/mol. The molecule has 0 radical (unpaired) electrons. The Bertz CT molecular complexity index is 1290. The first-order chi connectivity index (χ1) is 16.3. The molecule has 11 heteroatoms. The fourth-order valence-corrected chi connectivity index (χ4v) is 3.89. The third-order valence-corrected chi connectivity index (χ3v) is 5.63. The van der Waals surface area contributed by atoms with Crippen LogP contribution in [0.1, 0.15) is 24.3 Å². The number of aliphatic hydroxyl groups is 1. The van der Waals surface area contributed by atoms with Gasteiger partial charge >= 0.3 is 0 Å². The molecule has 4 aromatic rings. The van der Waals surface area contributed by atoms with E-state index in [1.807, 2.05) is 44.2 Å². The molecule has 0 aliphatic heterocycles. The lowest BCUT2D eigenvalue weighted by atomic mass is 10.1. The number of carbonyl (C=O) groups excluding carboxylic acids is 1. The van der Waals surface area contributed by atoms with Crippen molar-refractivity contribution in [1.29, 1.82) is 0 Å². The lowest BCUT2D eigenvalue weighted by Gasteiger charge is -2.15. The molecular weight excluding hydrogens is 504 g/mol. The van der Waals surface area contributed by atoms with E-state index in [9.17, 15) is 9.90 Å². The summed E-state index contributed by atoms with van der Waals surface area (Å²) in [5, 5.41) is 27.8. The van der Waals surface area contributed by atoms with E-state index < -0.39 is 6.10 Å². The number of carbonyl (C=O) groups is 1. The van der Waals surface area contributed by atoms with Gasteiger partial charge in [0.05, 0.1) is 23.9 Å². The second-order valence-electron chi connectivity index (χ2n) is 8.02. The topological polar surface area (TPSA) is 127 Å². The van der Waals surface area contributed by atoms with Gasteiger partial charge < -0.3 is 24.5 Å². The number of aromatic nitrogens is 5. The fourth-order valence-electron chi connectivity index (χ4n) is 3.53. The smallest absolute Gasteiger partial charge is 0.272 e. The summed E-state index contributed by atoms with van der Waals surface area (Å²) in [5.41, 5.74) is 2.40. The van der Waals surface area contributed by atoms with Crippen LogP contribution in [-0.4, -0.2) is 61.6 Å². The number of nitrogens with one attached hydrogen (secondary N) is 2. The molecule has 0 saturated heterocycles. The highest BCUT2D eigenvalue weighted by molar-refractivity contribution is 9.10. The number of aromatic amines is 1. The van der Waals surface area contributed by atoms with Gasteiger partial charge in [0, 0.05) is 22.5 Å². The molecule has 3 N–H and O–H groups in total. The Balaban J connectivity index is 1.57. The number of H-pyrrole nitrogens is 1. The number of tetrazole rings is 1. The number of benzene rings is 2. The summed E-state index contributed by atoms with van der Waals surface area (Å²) in [4.78, 5) is 13.2. The van der Waals surface area contributed by atoms with Crippen LogP contribution in [0.15, 0.2) is 46.9 Å². The first-order valence-electron chi connectivity index (χ1n) is 10.7. The van der Waals surface area contributed by atoms with E-state index in [1.165, 1.54) is 0 Å². The van der Waals surface area contributed by atoms with Crippen molar-refractivity contribution < 1.29 is 19.4 Å². The molecular formula is C23H25BrN6O4. The number of fused-ring (bicyclic) bond motifs is 1. The zero-order valence-corrected chi connectivity index (χ0v) is 20.5. The van der Waals surface area contributed by atoms with Crippen LogP contribution in [0.3, 0.4) is 0 Å². The minimum Gasteiger partial charge on any atom is -0.489 e. The highest BCUT2D eigenvalue weighted by atomic mass is 79.9. The summed E-state index contributed by atoms with van der Waals surface area (Å²) in [7, 11) is 1.80. The van der Waals surface area contributed by atoms with Gasteiger partial charge in [0.15, 0.2) is 5.82 Å². The number of hydrogen-bond acceptors (Lipinski definition) is 7. The van der Waals surface area contributed by atoms with E-state index >= 15 is 0 Å². The monoisotopic (exact) mass is 528 g/mol. The number of nitrogens with zero attached hydrogens (tertiary/aromatic N) is 4. The van der Waals surface area contributed by atoms with Crippen molar-refractivity contribution in [2.75, 3.05) is 18.5 Å². The Kier molecular flexibility index (Phi) is 7.25. The van der Waals surface area contributed by atoms with Gasteiger partial charge in [-0.2, -0.15) is 0 Å². The number of halogens is 1. The lowest BCUT2D eigenvalue weighted by Crippen LogP contribution is -2.25. The van der Waals surface area contributed by atoms with Crippen LogP contribution in [0, 0.1) is 0 Å². The number of ether oxygens (including phenoxy) is 2. The van der Waals surface area contributed by atoms with Crippen molar-refractivity contribution in [3.63, 3.8) is 0 Å². The molecule has 10 nitrogen and oxygen atoms in total. The molecule has 0 aliphatic carbocycles. The molecule has 1 unspecified atom stereocenters. The van der Waals surface area contributed by atoms with Crippen LogP contribution in [-0.2, 0) is 11.8 Å². The van der Waals surface area contributed by atoms with Gasteiger partial charge in [-0.15, -0.1) is 5.10 Å². The molecule has 2 heterocycles. The van der Waals surface area contributed by atoms with E-state index in [-0.39, 0.29) is 25.2 Å². The molecule has 0 fully saturated rings. The van der Waals surface area contributed by atoms with Crippen molar-refractivity contribution in [3.05, 3.63) is 52.6 Å². The van der Waals surface area contributed by atoms with Crippen LogP contribution in [0.25, 0.3) is 22.3 Å². The first-order valence-corrected chi connectivity index (χ1v) is 11.5. The quantitative estimate of drug-likeness (QED) is 0.303. The second kappa shape index (κ2) is 10.3. The molecule has 1 amide bonds. The van der Waals surface area contributed by atoms with Gasteiger partial charge in [-0.1, -0.05) is 28.1 Å². The van der Waals surface area contributed by atoms with E-state index in [2.05, 4.69) is 41.9 Å². The van der Waals surface area contributed by atoms with Crippen LogP contribution >= 0.6 is 15.9 Å². The molecule has 0 saturated carbocycles. The average Bonchev–Trinajstić information content (AvgIpc) is 3.46. The van der Waals surface area contributed by atoms with Crippen LogP contribution in [0.2, 0.25) is 0 Å². The minimum absolute atomic E-state index is 0.0265. The van der Waals surface area contributed by atoms with Crippen LogP contribution < -0.4 is 10.1 Å². The fraction of sp³-hybridized carbons (Fsp3) is 0.304. The van der Waals surface area contributed by atoms with Crippen molar-refractivity contribution in [2.45, 2.75) is 26.1 Å². The molecule has 34 heavy (non-hydrogen) atoms. The summed E-state index contributed by atoms with van der Waals surface area (Å²) in [6.07, 6.45) is -0.735. The summed E-state index contributed by atoms with van der Waals surface area (Å²) >= 11 is 3.44. The van der Waals surface area contributed by atoms with Crippen molar-refractivity contribution >= 4 is 38.4 Å². The Morgan fingerprint density at radius 3 is 2.79 bits per heavy atom. The highest BCUT2D eigenvalue weighted by Gasteiger charge is 2.19. The number of anilines is 1. The van der Waals surface area contributed by atoms with Gasteiger partial charge in [0.2, 0.25) is 0 Å². The van der Waals surface area contributed by atoms with E-state index in [4.69, 9.17) is 9.47 Å². The Morgan fingerprint density at radius 2 is 2.06 bits per heavy atom. The van der Waals surface area contributed by atoms with E-state index in [1.54, 1.807) is 23.7 Å². The molecule has 2 aromatic carbocycles. The second-order valence-corrected chi connectivity index (χ2v) is 8.94. The van der Waals surface area contributed by atoms with E-state index in [0.29, 0.717) is 28.5 Å². The van der Waals surface area contributed by atoms with Crippen molar-refractivity contribution in [2.24, 2.45) is 7.05 Å². The third kappa shape index (κ3) is 5.27. The maximum Gasteiger partial charge on any atom is 0.272 e.